The van der Waals surface area contributed by atoms with Crippen molar-refractivity contribution in [3.63, 3.8) is 0 Å². The smallest absolute Gasteiger partial charge is 0.416 e. The fraction of sp³-hybridized carbons (Fsp3) is 0.438. The van der Waals surface area contributed by atoms with Crippen molar-refractivity contribution >= 4 is 34.7 Å². The van der Waals surface area contributed by atoms with E-state index in [1.54, 1.807) is 0 Å². The van der Waals surface area contributed by atoms with Crippen molar-refractivity contribution in [3.05, 3.63) is 29.8 Å². The van der Waals surface area contributed by atoms with Crippen LogP contribution in [0.4, 0.5) is 18.9 Å². The Bertz CT molecular complexity index is 778. The predicted octanol–water partition coefficient (Wildman–Crippen LogP) is 4.24. The molecule has 1 amide bonds. The Morgan fingerprint density at radius 2 is 1.96 bits per heavy atom. The molecule has 140 valence electrons. The Balaban J connectivity index is 1.65. The van der Waals surface area contributed by atoms with E-state index in [4.69, 9.17) is 4.74 Å². The minimum absolute atomic E-state index is 0.0101. The summed E-state index contributed by atoms with van der Waals surface area (Å²) in [6, 6.07) is 4.63. The Kier molecular flexibility index (Phi) is 5.42. The largest absolute Gasteiger partial charge is 0.466 e. The van der Waals surface area contributed by atoms with Crippen molar-refractivity contribution < 1.29 is 22.7 Å². The zero-order chi connectivity index (χ0) is 18.9. The van der Waals surface area contributed by atoms with Crippen LogP contribution in [0.15, 0.2) is 28.6 Å². The van der Waals surface area contributed by atoms with E-state index >= 15 is 0 Å². The number of halogens is 3. The summed E-state index contributed by atoms with van der Waals surface area (Å²) in [6.07, 6.45) is -3.81. The van der Waals surface area contributed by atoms with Crippen LogP contribution in [-0.2, 0) is 11.0 Å². The fourth-order valence-corrected chi connectivity index (χ4v) is 4.56. The maximum Gasteiger partial charge on any atom is 0.416 e. The molecule has 2 heterocycles. The first kappa shape index (κ1) is 19.0. The van der Waals surface area contributed by atoms with Crippen molar-refractivity contribution in [1.82, 2.24) is 10.2 Å². The molecule has 1 aliphatic rings. The van der Waals surface area contributed by atoms with E-state index in [-0.39, 0.29) is 17.3 Å². The number of carbonyl (C=O) groups is 1. The number of amides is 1. The lowest BCUT2D eigenvalue weighted by Gasteiger charge is -2.17. The van der Waals surface area contributed by atoms with Gasteiger partial charge in [-0.15, -0.1) is 5.10 Å². The van der Waals surface area contributed by atoms with Gasteiger partial charge in [0.05, 0.1) is 16.9 Å². The van der Waals surface area contributed by atoms with E-state index in [2.05, 4.69) is 10.2 Å². The molecule has 26 heavy (non-hydrogen) atoms. The van der Waals surface area contributed by atoms with Gasteiger partial charge in [0.2, 0.25) is 5.91 Å². The maximum atomic E-state index is 12.7. The standard InChI is InChI=1S/C16H16F3N3O2S2/c1-9(2)24-14-20-21-15(26-14)25-12-7-8-22(13(12)23)11-5-3-10(4-6-11)16(17,18)19/h3-6,9,12H,7-8H2,1-2H3/t12-/m1/s1. The van der Waals surface area contributed by atoms with E-state index < -0.39 is 11.7 Å². The van der Waals surface area contributed by atoms with Gasteiger partial charge < -0.3 is 9.64 Å². The minimum Gasteiger partial charge on any atom is -0.466 e. The van der Waals surface area contributed by atoms with Crippen LogP contribution in [0.5, 0.6) is 5.19 Å². The third kappa shape index (κ3) is 4.29. The van der Waals surface area contributed by atoms with Crippen molar-refractivity contribution in [3.8, 4) is 5.19 Å². The van der Waals surface area contributed by atoms with Crippen LogP contribution < -0.4 is 9.64 Å². The van der Waals surface area contributed by atoms with Gasteiger partial charge in [-0.2, -0.15) is 13.2 Å². The SMILES string of the molecule is CC(C)Oc1nnc(S[C@@H]2CCN(c3ccc(C(F)(F)F)cc3)C2=O)s1. The third-order valence-electron chi connectivity index (χ3n) is 3.63. The number of thioether (sulfide) groups is 1. The fourth-order valence-electron chi connectivity index (χ4n) is 2.47. The lowest BCUT2D eigenvalue weighted by Crippen LogP contribution is -2.28. The molecule has 0 N–H and O–H groups in total. The molecule has 0 saturated carbocycles. The molecule has 10 heteroatoms. The van der Waals surface area contributed by atoms with Crippen molar-refractivity contribution in [2.45, 2.75) is 42.1 Å². The molecule has 0 aliphatic carbocycles. The molecule has 5 nitrogen and oxygen atoms in total. The topological polar surface area (TPSA) is 55.3 Å². The lowest BCUT2D eigenvalue weighted by atomic mass is 10.2. The van der Waals surface area contributed by atoms with Gasteiger partial charge in [-0.1, -0.05) is 16.9 Å². The number of rotatable bonds is 5. The van der Waals surface area contributed by atoms with Crippen LogP contribution in [-0.4, -0.2) is 34.0 Å². The molecule has 1 aromatic carbocycles. The molecular weight excluding hydrogens is 387 g/mol. The van der Waals surface area contributed by atoms with Gasteiger partial charge >= 0.3 is 6.18 Å². The number of benzene rings is 1. The van der Waals surface area contributed by atoms with Crippen LogP contribution in [0.3, 0.4) is 0 Å². The number of hydrogen-bond donors (Lipinski definition) is 0. The Morgan fingerprint density at radius 1 is 1.27 bits per heavy atom. The van der Waals surface area contributed by atoms with Gasteiger partial charge in [0.25, 0.3) is 5.19 Å². The number of alkyl halides is 3. The highest BCUT2D eigenvalue weighted by atomic mass is 32.2. The molecule has 2 aromatic rings. The number of hydrogen-bond acceptors (Lipinski definition) is 6. The number of anilines is 1. The van der Waals surface area contributed by atoms with Crippen LogP contribution in [0.2, 0.25) is 0 Å². The van der Waals surface area contributed by atoms with E-state index in [1.807, 2.05) is 13.8 Å². The van der Waals surface area contributed by atoms with E-state index in [9.17, 15) is 18.0 Å². The number of aromatic nitrogens is 2. The monoisotopic (exact) mass is 403 g/mol. The zero-order valence-corrected chi connectivity index (χ0v) is 15.6. The molecule has 3 rings (SSSR count). The van der Waals surface area contributed by atoms with Gasteiger partial charge in [0.1, 0.15) is 0 Å². The molecular formula is C16H16F3N3O2S2. The second-order valence-electron chi connectivity index (χ2n) is 5.93. The lowest BCUT2D eigenvalue weighted by molar-refractivity contribution is -0.137. The highest BCUT2D eigenvalue weighted by molar-refractivity contribution is 8.02. The molecule has 1 atom stereocenters. The number of ether oxygens (including phenoxy) is 1. The first-order valence-corrected chi connectivity index (χ1v) is 9.59. The van der Waals surface area contributed by atoms with Gasteiger partial charge in [-0.25, -0.2) is 0 Å². The molecule has 0 bridgehead atoms. The van der Waals surface area contributed by atoms with Gasteiger partial charge in [-0.3, -0.25) is 4.79 Å². The second-order valence-corrected chi connectivity index (χ2v) is 8.32. The zero-order valence-electron chi connectivity index (χ0n) is 14.0. The molecule has 0 radical (unpaired) electrons. The summed E-state index contributed by atoms with van der Waals surface area (Å²) in [6.45, 7) is 4.23. The van der Waals surface area contributed by atoms with E-state index in [0.717, 1.165) is 12.1 Å². The predicted molar refractivity (Wildman–Crippen MR) is 93.7 cm³/mol. The van der Waals surface area contributed by atoms with Crippen molar-refractivity contribution in [2.24, 2.45) is 0 Å². The van der Waals surface area contributed by atoms with Crippen molar-refractivity contribution in [1.29, 1.82) is 0 Å². The van der Waals surface area contributed by atoms with Crippen molar-refractivity contribution in [2.75, 3.05) is 11.4 Å². The van der Waals surface area contributed by atoms with Crippen LogP contribution >= 0.6 is 23.1 Å². The first-order valence-electron chi connectivity index (χ1n) is 7.89. The molecule has 1 fully saturated rings. The Hall–Kier alpha value is -1.81. The number of carbonyl (C=O) groups excluding carboxylic acids is 1. The average molecular weight is 403 g/mol. The maximum absolute atomic E-state index is 12.7. The van der Waals surface area contributed by atoms with Gasteiger partial charge in [-0.05, 0) is 55.9 Å². The quantitative estimate of drug-likeness (QED) is 0.747. The summed E-state index contributed by atoms with van der Waals surface area (Å²) in [7, 11) is 0. The average Bonchev–Trinajstić information content (AvgIpc) is 3.14. The molecule has 0 unspecified atom stereocenters. The van der Waals surface area contributed by atoms with Crippen LogP contribution in [0, 0.1) is 0 Å². The third-order valence-corrected chi connectivity index (χ3v) is 5.78. The van der Waals surface area contributed by atoms with E-state index in [1.165, 1.54) is 40.1 Å². The minimum atomic E-state index is -4.39. The summed E-state index contributed by atoms with van der Waals surface area (Å²) in [4.78, 5) is 14.1. The molecule has 0 spiro atoms. The molecule has 1 aliphatic heterocycles. The van der Waals surface area contributed by atoms with Crippen LogP contribution in [0.25, 0.3) is 0 Å². The highest BCUT2D eigenvalue weighted by Gasteiger charge is 2.35. The van der Waals surface area contributed by atoms with Gasteiger partial charge in [0, 0.05) is 12.2 Å². The van der Waals surface area contributed by atoms with E-state index in [0.29, 0.717) is 28.2 Å². The molecule has 1 saturated heterocycles. The first-order chi connectivity index (χ1) is 12.2. The number of nitrogens with zero attached hydrogens (tertiary/aromatic N) is 3. The molecule has 1 aromatic heterocycles. The highest BCUT2D eigenvalue weighted by Crippen LogP contribution is 2.37. The normalized spacial score (nSPS) is 18.0. The summed E-state index contributed by atoms with van der Waals surface area (Å²) in [5.41, 5.74) is -0.266. The Labute approximate surface area is 156 Å². The summed E-state index contributed by atoms with van der Waals surface area (Å²) in [5, 5.41) is 8.06. The van der Waals surface area contributed by atoms with Crippen LogP contribution in [0.1, 0.15) is 25.8 Å². The van der Waals surface area contributed by atoms with Gasteiger partial charge in [0.15, 0.2) is 4.34 Å². The summed E-state index contributed by atoms with van der Waals surface area (Å²) in [5.74, 6) is -0.142. The summed E-state index contributed by atoms with van der Waals surface area (Å²) >= 11 is 2.58. The summed E-state index contributed by atoms with van der Waals surface area (Å²) < 4.78 is 44.1. The Morgan fingerprint density at radius 3 is 2.58 bits per heavy atom. The second kappa shape index (κ2) is 7.43.